The van der Waals surface area contributed by atoms with Crippen molar-refractivity contribution in [1.29, 1.82) is 0 Å². The first-order chi connectivity index (χ1) is 26.6. The number of aromatic nitrogens is 6. The van der Waals surface area contributed by atoms with Gasteiger partial charge in [-0.1, -0.05) is 29.3 Å². The van der Waals surface area contributed by atoms with E-state index in [-0.39, 0.29) is 26.1 Å². The third-order valence-electron chi connectivity index (χ3n) is 8.72. The minimum atomic E-state index is -2.92. The molecule has 0 spiro atoms. The van der Waals surface area contributed by atoms with E-state index in [0.717, 1.165) is 49.0 Å². The molecule has 0 aliphatic carbocycles. The van der Waals surface area contributed by atoms with Gasteiger partial charge in [-0.05, 0) is 74.4 Å². The summed E-state index contributed by atoms with van der Waals surface area (Å²) in [5, 5.41) is 19.0. The fourth-order valence-corrected chi connectivity index (χ4v) is 6.55. The largest absolute Gasteiger partial charge is 0.491 e. The maximum absolute atomic E-state index is 13.2. The molecule has 0 saturated carbocycles. The lowest BCUT2D eigenvalue weighted by Crippen LogP contribution is -2.46. The Labute approximate surface area is 307 Å². The second-order valence-electron chi connectivity index (χ2n) is 11.9. The van der Waals surface area contributed by atoms with Crippen LogP contribution in [0.15, 0.2) is 90.5 Å². The molecule has 0 radical (unpaired) electrons. The fraction of sp³-hybridized carbons (Fsp3) is 0.371. The number of aliphatic hydroxyl groups excluding tert-OH is 1. The molecule has 5 aromatic rings. The van der Waals surface area contributed by atoms with Crippen molar-refractivity contribution in [2.24, 2.45) is 0 Å². The number of aliphatic hydroxyl groups is 1. The predicted molar refractivity (Wildman–Crippen MR) is 190 cm³/mol. The number of piperazine rings is 1. The van der Waals surface area contributed by atoms with E-state index in [9.17, 15) is 9.90 Å². The van der Waals surface area contributed by atoms with E-state index in [2.05, 4.69) is 25.0 Å². The van der Waals surface area contributed by atoms with Crippen LogP contribution >= 0.6 is 23.2 Å². The molecule has 4 unspecified atom stereocenters. The van der Waals surface area contributed by atoms with Gasteiger partial charge in [0.05, 0.1) is 30.8 Å². The van der Waals surface area contributed by atoms with Crippen LogP contribution in [0, 0.1) is 0 Å². The molecule has 2 fully saturated rings. The highest BCUT2D eigenvalue weighted by molar-refractivity contribution is 6.35. The van der Waals surface area contributed by atoms with Crippen molar-refractivity contribution in [3.05, 3.63) is 112 Å². The van der Waals surface area contributed by atoms with Crippen LogP contribution in [-0.2, 0) is 21.8 Å². The van der Waals surface area contributed by atoms with Crippen molar-refractivity contribution in [2.75, 3.05) is 49.2 Å². The van der Waals surface area contributed by atoms with Crippen molar-refractivity contribution in [1.82, 2.24) is 29.1 Å². The van der Waals surface area contributed by atoms with E-state index < -0.39 is 42.9 Å². The van der Waals surface area contributed by atoms with Gasteiger partial charge in [0.15, 0.2) is 0 Å². The van der Waals surface area contributed by atoms with Crippen molar-refractivity contribution >= 4 is 34.6 Å². The Kier molecular flexibility index (Phi) is 7.90. The lowest BCUT2D eigenvalue weighted by molar-refractivity contribution is -0.190. The highest BCUT2D eigenvalue weighted by Crippen LogP contribution is 2.40. The lowest BCUT2D eigenvalue weighted by Gasteiger charge is -2.37. The van der Waals surface area contributed by atoms with E-state index in [1.807, 2.05) is 36.4 Å². The zero-order valence-electron chi connectivity index (χ0n) is 32.9. The summed E-state index contributed by atoms with van der Waals surface area (Å²) in [6.07, 6.45) is -1.89. The quantitative estimate of drug-likeness (QED) is 0.207. The zero-order chi connectivity index (χ0) is 40.0. The zero-order valence-corrected chi connectivity index (χ0v) is 28.5. The van der Waals surface area contributed by atoms with Crippen LogP contribution in [0.25, 0.3) is 5.69 Å². The van der Waals surface area contributed by atoms with Crippen LogP contribution in [0.2, 0.25) is 10.0 Å². The molecular weight excluding hydrogens is 683 g/mol. The number of rotatable bonds is 11. The van der Waals surface area contributed by atoms with E-state index in [4.69, 9.17) is 45.6 Å². The number of nitrogens with zero attached hydrogens (tertiary/aromatic N) is 8. The molecule has 0 amide bonds. The minimum Gasteiger partial charge on any atom is -0.491 e. The van der Waals surface area contributed by atoms with Gasteiger partial charge >= 0.3 is 5.69 Å². The minimum absolute atomic E-state index is 0.0455. The molecule has 7 rings (SSSR count). The maximum Gasteiger partial charge on any atom is 0.350 e. The van der Waals surface area contributed by atoms with Gasteiger partial charge in [-0.25, -0.2) is 23.7 Å². The fourth-order valence-electron chi connectivity index (χ4n) is 6.00. The van der Waals surface area contributed by atoms with Crippen molar-refractivity contribution in [3.63, 3.8) is 0 Å². The van der Waals surface area contributed by atoms with E-state index in [1.165, 1.54) is 11.0 Å². The summed E-state index contributed by atoms with van der Waals surface area (Å²) >= 11 is 12.7. The molecule has 15 heteroatoms. The predicted octanol–water partition coefficient (Wildman–Crippen LogP) is 4.55. The molecule has 262 valence electrons. The summed E-state index contributed by atoms with van der Waals surface area (Å²) in [4.78, 5) is 21.5. The van der Waals surface area contributed by atoms with Crippen molar-refractivity contribution in [3.8, 4) is 11.4 Å². The number of halogens is 2. The highest BCUT2D eigenvalue weighted by Gasteiger charge is 2.45. The molecule has 1 N–H and O–H groups in total. The molecule has 4 heterocycles. The second kappa shape index (κ2) is 14.4. The third kappa shape index (κ3) is 7.10. The van der Waals surface area contributed by atoms with Gasteiger partial charge in [0.25, 0.3) is 0 Å². The summed E-state index contributed by atoms with van der Waals surface area (Å²) in [5.41, 5.74) is 1.92. The summed E-state index contributed by atoms with van der Waals surface area (Å²) in [7, 11) is 0. The molecule has 2 aliphatic heterocycles. The molecule has 4 atom stereocenters. The molecule has 2 aliphatic rings. The van der Waals surface area contributed by atoms with Crippen LogP contribution in [-0.4, -0.2) is 85.8 Å². The monoisotopic (exact) mass is 726 g/mol. The Morgan fingerprint density at radius 1 is 1.02 bits per heavy atom. The normalized spacial score (nSPS) is 23.2. The Bertz CT molecular complexity index is 2230. The number of ether oxygens (including phenoxy) is 3. The molecule has 2 saturated heterocycles. The first-order valence-corrected chi connectivity index (χ1v) is 16.6. The molecule has 2 aromatic heterocycles. The number of hydrogen-bond donors (Lipinski definition) is 1. The topological polar surface area (TPSA) is 125 Å². The molecule has 13 nitrogen and oxygen atoms in total. The number of hydrogen-bond acceptors (Lipinski definition) is 10. The molecule has 3 aromatic carbocycles. The summed E-state index contributed by atoms with van der Waals surface area (Å²) < 4.78 is 68.7. The second-order valence-corrected chi connectivity index (χ2v) is 12.8. The Hall–Kier alpha value is -4.40. The van der Waals surface area contributed by atoms with Crippen LogP contribution in [0.1, 0.15) is 33.6 Å². The van der Waals surface area contributed by atoms with Gasteiger partial charge in [0, 0.05) is 52.3 Å². The number of benzene rings is 3. The van der Waals surface area contributed by atoms with Crippen LogP contribution in [0.3, 0.4) is 0 Å². The molecule has 50 heavy (non-hydrogen) atoms. The van der Waals surface area contributed by atoms with E-state index in [0.29, 0.717) is 31.7 Å². The van der Waals surface area contributed by atoms with E-state index in [1.54, 1.807) is 30.3 Å². The van der Waals surface area contributed by atoms with Gasteiger partial charge in [0.2, 0.25) is 5.79 Å². The SMILES string of the molecule is [2H]c1ncnn1CC1(c2ccc(Cl)cc2Cl)OCC(COc2ccc(N3CCN(c4ccc(-n5c([2H])nn(C([2H])(C)C(O)C([2H])([2H])[2H])c5=O)cc4)CC3)cc2)O1. The molecular formula is C35H38Cl2N8O5. The number of anilines is 2. The smallest absolute Gasteiger partial charge is 0.350 e. The average molecular weight is 728 g/mol. The maximum atomic E-state index is 13.2. The van der Waals surface area contributed by atoms with Gasteiger partial charge in [0.1, 0.15) is 46.7 Å². The van der Waals surface area contributed by atoms with Crippen LogP contribution < -0.4 is 20.2 Å². The standard InChI is InChI=1S/C35H38Cl2N8O5/c1-24(25(2)46)45-34(47)44(23-40-45)29-6-4-27(5-7-29)41-13-15-42(16-14-41)28-8-10-30(11-9-28)48-18-31-19-49-35(50-31,20-43-22-38-21-39-43)32-12-3-26(36)17-33(32)37/h3-12,17,21-25,31,46H,13-16,18-20H2,1-2H3/i2D3,22D,23D,24D. The average Bonchev–Trinajstić information content (AvgIpc) is 3.86. The van der Waals surface area contributed by atoms with Gasteiger partial charge in [-0.15, -0.1) is 0 Å². The first-order valence-electron chi connectivity index (χ1n) is 18.9. The van der Waals surface area contributed by atoms with Gasteiger partial charge in [-0.2, -0.15) is 10.2 Å². The summed E-state index contributed by atoms with van der Waals surface area (Å²) in [5.74, 6) is -0.674. The van der Waals surface area contributed by atoms with Crippen LogP contribution in [0.4, 0.5) is 11.4 Å². The Balaban J connectivity index is 0.940. The van der Waals surface area contributed by atoms with Crippen molar-refractivity contribution < 1.29 is 27.5 Å². The summed E-state index contributed by atoms with van der Waals surface area (Å²) in [6.45, 7) is 1.54. The summed E-state index contributed by atoms with van der Waals surface area (Å²) in [6, 6.07) is 17.5. The van der Waals surface area contributed by atoms with E-state index >= 15 is 0 Å². The Morgan fingerprint density at radius 2 is 1.70 bits per heavy atom. The first kappa shape index (κ1) is 27.3. The highest BCUT2D eigenvalue weighted by atomic mass is 35.5. The third-order valence-corrected chi connectivity index (χ3v) is 9.27. The molecule has 0 bridgehead atoms. The van der Waals surface area contributed by atoms with Crippen LogP contribution in [0.5, 0.6) is 5.75 Å². The van der Waals surface area contributed by atoms with Gasteiger partial charge < -0.3 is 29.1 Å². The van der Waals surface area contributed by atoms with Crippen molar-refractivity contribution in [2.45, 2.75) is 44.3 Å². The lowest BCUT2D eigenvalue weighted by atomic mass is 10.1. The van der Waals surface area contributed by atoms with Gasteiger partial charge in [-0.3, -0.25) is 0 Å². The Morgan fingerprint density at radius 3 is 2.34 bits per heavy atom.